The Hall–Kier alpha value is -2.85. The first kappa shape index (κ1) is 22.8. The van der Waals surface area contributed by atoms with Crippen molar-refractivity contribution >= 4 is 11.6 Å². The van der Waals surface area contributed by atoms with Gasteiger partial charge in [-0.2, -0.15) is 5.26 Å². The number of benzene rings is 1. The number of aryl methyl sites for hydroxylation is 1. The van der Waals surface area contributed by atoms with Crippen LogP contribution in [0, 0.1) is 23.2 Å². The van der Waals surface area contributed by atoms with E-state index in [9.17, 15) is 4.79 Å². The van der Waals surface area contributed by atoms with Gasteiger partial charge in [0.1, 0.15) is 0 Å². The van der Waals surface area contributed by atoms with Gasteiger partial charge in [0.15, 0.2) is 0 Å². The molecule has 0 radical (unpaired) electrons. The first-order valence-corrected chi connectivity index (χ1v) is 11.2. The average Bonchev–Trinajstić information content (AvgIpc) is 3.20. The molecular formula is C24H34N6O. The third-order valence-electron chi connectivity index (χ3n) is 6.04. The van der Waals surface area contributed by atoms with Crippen LogP contribution in [0.5, 0.6) is 0 Å². The van der Waals surface area contributed by atoms with E-state index in [4.69, 9.17) is 5.26 Å². The van der Waals surface area contributed by atoms with Crippen molar-refractivity contribution in [2.75, 3.05) is 37.6 Å². The second-order valence-electron chi connectivity index (χ2n) is 8.70. The number of carbonyl (C=O) groups is 1. The molecule has 7 nitrogen and oxygen atoms in total. The van der Waals surface area contributed by atoms with Crippen LogP contribution in [0.2, 0.25) is 0 Å². The number of hydrogen-bond donors (Lipinski definition) is 1. The predicted molar refractivity (Wildman–Crippen MR) is 122 cm³/mol. The standard InChI is InChI=1S/C24H34N6O/c1-19(2)24(31)29-11-8-21(9-12-29)15-26-10-13-30(17-23-16-27-18-28(23)3)22-6-4-20(14-25)5-7-22/h4-7,16,18-19,21,26H,8-13,15,17H2,1-3H3. The number of aromatic nitrogens is 2. The van der Waals surface area contributed by atoms with Crippen LogP contribution >= 0.6 is 0 Å². The molecule has 166 valence electrons. The molecule has 1 fully saturated rings. The third-order valence-corrected chi connectivity index (χ3v) is 6.04. The molecule has 1 saturated heterocycles. The van der Waals surface area contributed by atoms with Gasteiger partial charge >= 0.3 is 0 Å². The van der Waals surface area contributed by atoms with Crippen molar-refractivity contribution in [1.29, 1.82) is 5.26 Å². The molecule has 2 heterocycles. The number of hydrogen-bond acceptors (Lipinski definition) is 5. The highest BCUT2D eigenvalue weighted by molar-refractivity contribution is 5.78. The highest BCUT2D eigenvalue weighted by Gasteiger charge is 2.24. The lowest BCUT2D eigenvalue weighted by Gasteiger charge is -2.33. The van der Waals surface area contributed by atoms with Gasteiger partial charge in [-0.1, -0.05) is 13.8 Å². The Morgan fingerprint density at radius 3 is 2.58 bits per heavy atom. The van der Waals surface area contributed by atoms with E-state index in [1.807, 2.05) is 67.2 Å². The fourth-order valence-corrected chi connectivity index (χ4v) is 4.02. The van der Waals surface area contributed by atoms with Crippen LogP contribution in [0.15, 0.2) is 36.8 Å². The summed E-state index contributed by atoms with van der Waals surface area (Å²) in [5, 5.41) is 12.7. The van der Waals surface area contributed by atoms with Gasteiger partial charge < -0.3 is 19.7 Å². The number of nitrogens with one attached hydrogen (secondary N) is 1. The highest BCUT2D eigenvalue weighted by atomic mass is 16.2. The van der Waals surface area contributed by atoms with E-state index in [1.54, 1.807) is 0 Å². The summed E-state index contributed by atoms with van der Waals surface area (Å²) in [5.41, 5.74) is 2.92. The summed E-state index contributed by atoms with van der Waals surface area (Å²) in [4.78, 5) is 20.7. The first-order valence-electron chi connectivity index (χ1n) is 11.2. The van der Waals surface area contributed by atoms with E-state index in [2.05, 4.69) is 21.3 Å². The minimum Gasteiger partial charge on any atom is -0.364 e. The summed E-state index contributed by atoms with van der Waals surface area (Å²) in [6.07, 6.45) is 5.86. The van der Waals surface area contributed by atoms with Crippen molar-refractivity contribution in [3.8, 4) is 6.07 Å². The van der Waals surface area contributed by atoms with Crippen molar-refractivity contribution in [1.82, 2.24) is 19.8 Å². The van der Waals surface area contributed by atoms with Crippen molar-refractivity contribution in [2.45, 2.75) is 33.2 Å². The quantitative estimate of drug-likeness (QED) is 0.629. The second kappa shape index (κ2) is 11.0. The molecule has 1 aromatic heterocycles. The van der Waals surface area contributed by atoms with Gasteiger partial charge in [-0.05, 0) is 49.6 Å². The van der Waals surface area contributed by atoms with Gasteiger partial charge in [-0.25, -0.2) is 4.98 Å². The molecular weight excluding hydrogens is 388 g/mol. The van der Waals surface area contributed by atoms with E-state index >= 15 is 0 Å². The lowest BCUT2D eigenvalue weighted by atomic mass is 9.96. The minimum absolute atomic E-state index is 0.0855. The molecule has 1 aliphatic heterocycles. The van der Waals surface area contributed by atoms with Crippen molar-refractivity contribution < 1.29 is 4.79 Å². The second-order valence-corrected chi connectivity index (χ2v) is 8.70. The Morgan fingerprint density at radius 2 is 2.00 bits per heavy atom. The maximum Gasteiger partial charge on any atom is 0.225 e. The third kappa shape index (κ3) is 6.31. The predicted octanol–water partition coefficient (Wildman–Crippen LogP) is 2.78. The molecule has 3 rings (SSSR count). The zero-order valence-electron chi connectivity index (χ0n) is 18.9. The molecule has 0 atom stereocenters. The summed E-state index contributed by atoms with van der Waals surface area (Å²) >= 11 is 0. The molecule has 7 heteroatoms. The van der Waals surface area contributed by atoms with Crippen molar-refractivity contribution in [3.05, 3.63) is 48.0 Å². The number of carbonyl (C=O) groups excluding carboxylic acids is 1. The minimum atomic E-state index is 0.0855. The fourth-order valence-electron chi connectivity index (χ4n) is 4.02. The molecule has 1 aliphatic rings. The lowest BCUT2D eigenvalue weighted by molar-refractivity contribution is -0.135. The highest BCUT2D eigenvalue weighted by Crippen LogP contribution is 2.19. The Morgan fingerprint density at radius 1 is 1.29 bits per heavy atom. The molecule has 1 amide bonds. The Kier molecular flexibility index (Phi) is 8.07. The molecule has 1 N–H and O–H groups in total. The molecule has 0 bridgehead atoms. The van der Waals surface area contributed by atoms with Crippen LogP contribution in [0.1, 0.15) is 37.9 Å². The van der Waals surface area contributed by atoms with Crippen molar-refractivity contribution in [2.24, 2.45) is 18.9 Å². The van der Waals surface area contributed by atoms with E-state index < -0.39 is 0 Å². The number of nitrogens with zero attached hydrogens (tertiary/aromatic N) is 5. The van der Waals surface area contributed by atoms with Gasteiger partial charge in [0.05, 0.1) is 30.2 Å². The van der Waals surface area contributed by atoms with E-state index in [-0.39, 0.29) is 11.8 Å². The molecule has 0 saturated carbocycles. The summed E-state index contributed by atoms with van der Waals surface area (Å²) in [5.74, 6) is 0.985. The monoisotopic (exact) mass is 422 g/mol. The van der Waals surface area contributed by atoms with Crippen LogP contribution in [-0.2, 0) is 18.4 Å². The topological polar surface area (TPSA) is 77.2 Å². The zero-order valence-corrected chi connectivity index (χ0v) is 18.9. The van der Waals surface area contributed by atoms with E-state index in [0.29, 0.717) is 11.5 Å². The molecule has 0 unspecified atom stereocenters. The van der Waals surface area contributed by atoms with Gasteiger partial charge in [-0.3, -0.25) is 4.79 Å². The summed E-state index contributed by atoms with van der Waals surface area (Å²) in [7, 11) is 2.01. The number of imidazole rings is 1. The summed E-state index contributed by atoms with van der Waals surface area (Å²) < 4.78 is 2.04. The number of piperidine rings is 1. The van der Waals surface area contributed by atoms with Gasteiger partial charge in [-0.15, -0.1) is 0 Å². The Labute approximate surface area is 185 Å². The maximum absolute atomic E-state index is 12.2. The normalized spacial score (nSPS) is 14.6. The number of amides is 1. The van der Waals surface area contributed by atoms with E-state index in [0.717, 1.165) is 63.5 Å². The molecule has 31 heavy (non-hydrogen) atoms. The van der Waals surface area contributed by atoms with Crippen LogP contribution in [0.3, 0.4) is 0 Å². The average molecular weight is 423 g/mol. The van der Waals surface area contributed by atoms with Gasteiger partial charge in [0, 0.05) is 51.0 Å². The van der Waals surface area contributed by atoms with E-state index in [1.165, 1.54) is 0 Å². The number of nitriles is 1. The van der Waals surface area contributed by atoms with Crippen LogP contribution < -0.4 is 10.2 Å². The largest absolute Gasteiger partial charge is 0.364 e. The summed E-state index contributed by atoms with van der Waals surface area (Å²) in [6.45, 7) is 9.19. The number of likely N-dealkylation sites (tertiary alicyclic amines) is 1. The Bertz CT molecular complexity index is 874. The van der Waals surface area contributed by atoms with Crippen molar-refractivity contribution in [3.63, 3.8) is 0 Å². The van der Waals surface area contributed by atoms with Crippen LogP contribution in [0.25, 0.3) is 0 Å². The van der Waals surface area contributed by atoms with Gasteiger partial charge in [0.2, 0.25) is 5.91 Å². The zero-order chi connectivity index (χ0) is 22.2. The summed E-state index contributed by atoms with van der Waals surface area (Å²) in [6, 6.07) is 9.94. The molecule has 1 aromatic carbocycles. The van der Waals surface area contributed by atoms with Gasteiger partial charge in [0.25, 0.3) is 0 Å². The Balaban J connectivity index is 1.49. The molecule has 0 spiro atoms. The molecule has 2 aromatic rings. The van der Waals surface area contributed by atoms with Crippen LogP contribution in [-0.4, -0.2) is 53.1 Å². The van der Waals surface area contributed by atoms with Crippen LogP contribution in [0.4, 0.5) is 5.69 Å². The lowest BCUT2D eigenvalue weighted by Crippen LogP contribution is -2.43. The first-order chi connectivity index (χ1) is 15.0. The smallest absolute Gasteiger partial charge is 0.225 e. The molecule has 0 aliphatic carbocycles. The fraction of sp³-hybridized carbons (Fsp3) is 0.542. The SMILES string of the molecule is CC(C)C(=O)N1CCC(CNCCN(Cc2cncn2C)c2ccc(C#N)cc2)CC1. The number of rotatable bonds is 9. The maximum atomic E-state index is 12.2. The number of anilines is 1.